The number of nitrogens with two attached hydrogens (primary N) is 1. The van der Waals surface area contributed by atoms with Crippen LogP contribution in [0.1, 0.15) is 20.8 Å². The zero-order valence-electron chi connectivity index (χ0n) is 11.0. The summed E-state index contributed by atoms with van der Waals surface area (Å²) in [7, 11) is 1.76. The quantitative estimate of drug-likeness (QED) is 0.418. The van der Waals surface area contributed by atoms with E-state index < -0.39 is 0 Å². The number of nitrogen functional groups attached to an aromatic ring is 1. The molecule has 0 bridgehead atoms. The Hall–Kier alpha value is -1.71. The van der Waals surface area contributed by atoms with Gasteiger partial charge in [-0.1, -0.05) is 20.8 Å². The predicted octanol–water partition coefficient (Wildman–Crippen LogP) is 2.30. The Morgan fingerprint density at radius 1 is 1.24 bits per heavy atom. The molecule has 4 nitrogen and oxygen atoms in total. The summed E-state index contributed by atoms with van der Waals surface area (Å²) in [5.41, 5.74) is 7.58. The molecule has 0 atom stereocenters. The number of nitrogens with one attached hydrogen (secondary N) is 2. The molecule has 0 aromatic heterocycles. The van der Waals surface area contributed by atoms with Gasteiger partial charge in [-0.05, 0) is 29.7 Å². The summed E-state index contributed by atoms with van der Waals surface area (Å²) < 4.78 is 0. The molecular formula is C13H22N4. The summed E-state index contributed by atoms with van der Waals surface area (Å²) in [5.74, 6) is 0.768. The number of nitrogens with zero attached hydrogens (tertiary/aromatic N) is 1. The molecular weight excluding hydrogens is 212 g/mol. The molecule has 0 aliphatic heterocycles. The van der Waals surface area contributed by atoms with Gasteiger partial charge < -0.3 is 16.4 Å². The Balaban J connectivity index is 2.56. The summed E-state index contributed by atoms with van der Waals surface area (Å²) in [6.07, 6.45) is 0. The lowest BCUT2D eigenvalue weighted by molar-refractivity contribution is 0.408. The van der Waals surface area contributed by atoms with E-state index in [4.69, 9.17) is 5.73 Å². The molecule has 0 amide bonds. The lowest BCUT2D eigenvalue weighted by atomic mass is 9.97. The highest BCUT2D eigenvalue weighted by Gasteiger charge is 2.10. The monoisotopic (exact) mass is 234 g/mol. The van der Waals surface area contributed by atoms with Crippen LogP contribution in [-0.2, 0) is 0 Å². The summed E-state index contributed by atoms with van der Waals surface area (Å²) in [6.45, 7) is 7.39. The highest BCUT2D eigenvalue weighted by molar-refractivity contribution is 5.93. The van der Waals surface area contributed by atoms with Crippen molar-refractivity contribution in [1.82, 2.24) is 5.32 Å². The van der Waals surface area contributed by atoms with E-state index in [1.54, 1.807) is 7.05 Å². The van der Waals surface area contributed by atoms with E-state index in [-0.39, 0.29) is 5.41 Å². The fourth-order valence-electron chi connectivity index (χ4n) is 1.23. The van der Waals surface area contributed by atoms with Crippen LogP contribution in [0, 0.1) is 5.41 Å². The van der Waals surface area contributed by atoms with Crippen molar-refractivity contribution in [3.05, 3.63) is 24.3 Å². The van der Waals surface area contributed by atoms with Crippen LogP contribution in [0.5, 0.6) is 0 Å². The molecule has 1 aromatic carbocycles. The minimum atomic E-state index is 0.221. The van der Waals surface area contributed by atoms with Crippen LogP contribution in [0.4, 0.5) is 11.4 Å². The molecule has 17 heavy (non-hydrogen) atoms. The van der Waals surface area contributed by atoms with E-state index in [0.717, 1.165) is 23.9 Å². The van der Waals surface area contributed by atoms with E-state index >= 15 is 0 Å². The highest BCUT2D eigenvalue weighted by Crippen LogP contribution is 2.12. The second-order valence-electron chi connectivity index (χ2n) is 5.23. The number of guanidine groups is 1. The Bertz CT molecular complexity index is 373. The normalized spacial score (nSPS) is 12.4. The van der Waals surface area contributed by atoms with Crippen molar-refractivity contribution in [2.75, 3.05) is 24.6 Å². The molecule has 0 spiro atoms. The third-order valence-electron chi connectivity index (χ3n) is 2.18. The first kappa shape index (κ1) is 13.4. The van der Waals surface area contributed by atoms with Crippen LogP contribution in [-0.4, -0.2) is 19.6 Å². The number of hydrogen-bond donors (Lipinski definition) is 3. The number of hydrogen-bond acceptors (Lipinski definition) is 2. The van der Waals surface area contributed by atoms with Gasteiger partial charge in [-0.25, -0.2) is 0 Å². The second kappa shape index (κ2) is 5.57. The second-order valence-corrected chi connectivity index (χ2v) is 5.23. The number of benzene rings is 1. The topological polar surface area (TPSA) is 62.4 Å². The van der Waals surface area contributed by atoms with Crippen LogP contribution in [0.2, 0.25) is 0 Å². The van der Waals surface area contributed by atoms with E-state index in [9.17, 15) is 0 Å². The molecule has 0 unspecified atom stereocenters. The zero-order chi connectivity index (χ0) is 12.9. The lowest BCUT2D eigenvalue weighted by Gasteiger charge is -2.21. The maximum atomic E-state index is 5.63. The lowest BCUT2D eigenvalue weighted by Crippen LogP contribution is -2.36. The van der Waals surface area contributed by atoms with Gasteiger partial charge in [0.15, 0.2) is 5.96 Å². The highest BCUT2D eigenvalue weighted by atomic mass is 15.2. The van der Waals surface area contributed by atoms with E-state index in [2.05, 4.69) is 36.4 Å². The Labute approximate surface area is 103 Å². The molecule has 0 heterocycles. The molecule has 0 saturated carbocycles. The number of aliphatic imine (C=N–C) groups is 1. The van der Waals surface area contributed by atoms with Gasteiger partial charge in [0.25, 0.3) is 0 Å². The fraction of sp³-hybridized carbons (Fsp3) is 0.462. The zero-order valence-corrected chi connectivity index (χ0v) is 11.0. The van der Waals surface area contributed by atoms with Crippen molar-refractivity contribution in [3.63, 3.8) is 0 Å². The molecule has 0 aliphatic carbocycles. The Morgan fingerprint density at radius 2 is 1.82 bits per heavy atom. The van der Waals surface area contributed by atoms with Crippen molar-refractivity contribution < 1.29 is 0 Å². The van der Waals surface area contributed by atoms with Crippen LogP contribution in [0.25, 0.3) is 0 Å². The predicted molar refractivity (Wildman–Crippen MR) is 75.3 cm³/mol. The number of rotatable bonds is 2. The average Bonchev–Trinajstić information content (AvgIpc) is 2.25. The molecule has 4 heteroatoms. The summed E-state index contributed by atoms with van der Waals surface area (Å²) in [6, 6.07) is 7.58. The Morgan fingerprint density at radius 3 is 2.29 bits per heavy atom. The number of anilines is 2. The van der Waals surface area contributed by atoms with Crippen LogP contribution >= 0.6 is 0 Å². The molecule has 1 aromatic rings. The van der Waals surface area contributed by atoms with Gasteiger partial charge in [0.1, 0.15) is 0 Å². The van der Waals surface area contributed by atoms with E-state index in [1.807, 2.05) is 24.3 Å². The largest absolute Gasteiger partial charge is 0.399 e. The fourth-order valence-corrected chi connectivity index (χ4v) is 1.23. The first-order chi connectivity index (χ1) is 7.90. The molecule has 0 radical (unpaired) electrons. The van der Waals surface area contributed by atoms with Crippen molar-refractivity contribution in [2.24, 2.45) is 10.4 Å². The maximum absolute atomic E-state index is 5.63. The van der Waals surface area contributed by atoms with Crippen molar-refractivity contribution in [1.29, 1.82) is 0 Å². The van der Waals surface area contributed by atoms with Gasteiger partial charge in [-0.15, -0.1) is 0 Å². The SMILES string of the molecule is CN=C(NCC(C)(C)C)Nc1ccc(N)cc1. The van der Waals surface area contributed by atoms with Crippen LogP contribution < -0.4 is 16.4 Å². The minimum absolute atomic E-state index is 0.221. The minimum Gasteiger partial charge on any atom is -0.399 e. The van der Waals surface area contributed by atoms with Gasteiger partial charge in [0, 0.05) is 25.0 Å². The van der Waals surface area contributed by atoms with Gasteiger partial charge >= 0.3 is 0 Å². The van der Waals surface area contributed by atoms with Crippen molar-refractivity contribution in [2.45, 2.75) is 20.8 Å². The van der Waals surface area contributed by atoms with E-state index in [1.165, 1.54) is 0 Å². The third-order valence-corrected chi connectivity index (χ3v) is 2.18. The molecule has 94 valence electrons. The van der Waals surface area contributed by atoms with Crippen molar-refractivity contribution >= 4 is 17.3 Å². The maximum Gasteiger partial charge on any atom is 0.195 e. The molecule has 1 rings (SSSR count). The standard InChI is InChI=1S/C13H22N4/c1-13(2,3)9-16-12(15-4)17-11-7-5-10(14)6-8-11/h5-8H,9,14H2,1-4H3,(H2,15,16,17). The van der Waals surface area contributed by atoms with Crippen LogP contribution in [0.15, 0.2) is 29.3 Å². The van der Waals surface area contributed by atoms with Crippen molar-refractivity contribution in [3.8, 4) is 0 Å². The van der Waals surface area contributed by atoms with Gasteiger partial charge in [0.2, 0.25) is 0 Å². The summed E-state index contributed by atoms with van der Waals surface area (Å²) in [5, 5.41) is 6.49. The first-order valence-electron chi connectivity index (χ1n) is 5.74. The molecule has 4 N–H and O–H groups in total. The van der Waals surface area contributed by atoms with Gasteiger partial charge in [-0.2, -0.15) is 0 Å². The molecule has 0 aliphatic rings. The summed E-state index contributed by atoms with van der Waals surface area (Å²) in [4.78, 5) is 4.17. The van der Waals surface area contributed by atoms with Gasteiger partial charge in [-0.3, -0.25) is 4.99 Å². The van der Waals surface area contributed by atoms with Crippen LogP contribution in [0.3, 0.4) is 0 Å². The summed E-state index contributed by atoms with van der Waals surface area (Å²) >= 11 is 0. The molecule has 0 fully saturated rings. The molecule has 0 saturated heterocycles. The first-order valence-corrected chi connectivity index (χ1v) is 5.74. The van der Waals surface area contributed by atoms with E-state index in [0.29, 0.717) is 0 Å². The average molecular weight is 234 g/mol. The van der Waals surface area contributed by atoms with Gasteiger partial charge in [0.05, 0.1) is 0 Å². The Kier molecular flexibility index (Phi) is 4.37. The smallest absolute Gasteiger partial charge is 0.195 e. The third kappa shape index (κ3) is 5.24.